The average Bonchev–Trinajstić information content (AvgIpc) is 3.05. The number of benzene rings is 1. The summed E-state index contributed by atoms with van der Waals surface area (Å²) in [6, 6.07) is 10.2. The highest BCUT2D eigenvalue weighted by molar-refractivity contribution is 5.69. The molecule has 290 valence electrons. The van der Waals surface area contributed by atoms with Gasteiger partial charge in [0.15, 0.2) is 49.0 Å². The molecule has 19 nitrogen and oxygen atoms in total. The van der Waals surface area contributed by atoms with Crippen molar-refractivity contribution < 1.29 is 85.7 Å². The molecule has 1 aromatic carbocycles. The van der Waals surface area contributed by atoms with Gasteiger partial charge in [-0.2, -0.15) is 5.26 Å². The summed E-state index contributed by atoms with van der Waals surface area (Å²) in [6.45, 7) is 6.18. The zero-order valence-electron chi connectivity index (χ0n) is 29.9. The van der Waals surface area contributed by atoms with Crippen LogP contribution in [-0.4, -0.2) is 116 Å². The number of hydrogen-bond donors (Lipinski definition) is 0. The Hall–Kier alpha value is -5.16. The van der Waals surface area contributed by atoms with Crippen molar-refractivity contribution in [2.45, 2.75) is 116 Å². The van der Waals surface area contributed by atoms with Crippen molar-refractivity contribution in [1.29, 1.82) is 5.26 Å². The summed E-state index contributed by atoms with van der Waals surface area (Å²) in [5, 5.41) is 9.99. The molecule has 1 aromatic rings. The van der Waals surface area contributed by atoms with Crippen LogP contribution in [0.3, 0.4) is 0 Å². The average molecular weight is 752 g/mol. The molecule has 3 rings (SSSR count). The van der Waals surface area contributed by atoms with Crippen molar-refractivity contribution in [2.75, 3.05) is 13.2 Å². The molecule has 0 N–H and O–H groups in total. The van der Waals surface area contributed by atoms with E-state index in [4.69, 9.17) is 52.1 Å². The molecule has 53 heavy (non-hydrogen) atoms. The summed E-state index contributed by atoms with van der Waals surface area (Å²) in [4.78, 5) is 85.3. The first-order valence-electron chi connectivity index (χ1n) is 16.2. The van der Waals surface area contributed by atoms with Gasteiger partial charge in [0.25, 0.3) is 0 Å². The van der Waals surface area contributed by atoms with Crippen LogP contribution in [0, 0.1) is 11.3 Å². The molecule has 11 atom stereocenters. The molecule has 0 aliphatic carbocycles. The van der Waals surface area contributed by atoms with Crippen LogP contribution in [0.4, 0.5) is 0 Å². The Balaban J connectivity index is 2.08. The highest BCUT2D eigenvalue weighted by atomic mass is 16.8. The SMILES string of the molecule is CC(=O)OCC1OC(OCC2OC(OC(C#N)c3ccccc3)C(OC(C)=O)C(OC(C)=O)C2OC(C)=O)C(OC(C)=O)C(OC(C)=O)C1OC(C)=O. The third kappa shape index (κ3) is 12.5. The van der Waals surface area contributed by atoms with Crippen LogP contribution in [0.15, 0.2) is 30.3 Å². The van der Waals surface area contributed by atoms with E-state index in [2.05, 4.69) is 0 Å². The van der Waals surface area contributed by atoms with Gasteiger partial charge in [-0.25, -0.2) is 0 Å². The summed E-state index contributed by atoms with van der Waals surface area (Å²) in [7, 11) is 0. The van der Waals surface area contributed by atoms with Crippen molar-refractivity contribution in [3.05, 3.63) is 35.9 Å². The standard InChI is InChI=1S/C34H41NO18/c1-16(36)43-14-25-27(45-17(2)37)29(47-19(4)39)31(49-21(6)41)33(52-25)44-15-26-28(46-18(3)38)30(48-20(5)40)32(50-22(7)42)34(53-26)51-24(13-35)23-11-9-8-10-12-23/h8-12,24-34H,14-15H2,1-7H3. The van der Waals surface area contributed by atoms with Crippen molar-refractivity contribution in [3.63, 3.8) is 0 Å². The number of esters is 7. The van der Waals surface area contributed by atoms with Gasteiger partial charge in [-0.05, 0) is 5.56 Å². The summed E-state index contributed by atoms with van der Waals surface area (Å²) in [6.07, 6.45) is -16.9. The third-order valence-electron chi connectivity index (χ3n) is 7.36. The highest BCUT2D eigenvalue weighted by Gasteiger charge is 2.56. The maximum atomic E-state index is 12.4. The van der Waals surface area contributed by atoms with Crippen LogP contribution in [0.2, 0.25) is 0 Å². The summed E-state index contributed by atoms with van der Waals surface area (Å²) < 4.78 is 61.9. The minimum absolute atomic E-state index is 0.386. The molecule has 11 unspecified atom stereocenters. The molecule has 2 aliphatic rings. The molecule has 0 spiro atoms. The molecule has 2 aliphatic heterocycles. The topological polar surface area (TPSA) is 245 Å². The minimum Gasteiger partial charge on any atom is -0.463 e. The van der Waals surface area contributed by atoms with Crippen LogP contribution < -0.4 is 0 Å². The predicted molar refractivity (Wildman–Crippen MR) is 169 cm³/mol. The van der Waals surface area contributed by atoms with Crippen LogP contribution >= 0.6 is 0 Å². The molecule has 19 heteroatoms. The van der Waals surface area contributed by atoms with Crippen molar-refractivity contribution in [3.8, 4) is 6.07 Å². The highest BCUT2D eigenvalue weighted by Crippen LogP contribution is 2.35. The normalized spacial score (nSPS) is 28.5. The second kappa shape index (κ2) is 19.6. The minimum atomic E-state index is -1.69. The lowest BCUT2D eigenvalue weighted by atomic mass is 9.97. The Labute approximate surface area is 303 Å². The monoisotopic (exact) mass is 751 g/mol. The predicted octanol–water partition coefficient (Wildman–Crippen LogP) is 0.888. The maximum Gasteiger partial charge on any atom is 0.303 e. The number of ether oxygens (including phenoxy) is 11. The number of carbonyl (C=O) groups excluding carboxylic acids is 7. The van der Waals surface area contributed by atoms with E-state index in [0.29, 0.717) is 5.56 Å². The van der Waals surface area contributed by atoms with Gasteiger partial charge >= 0.3 is 41.8 Å². The summed E-state index contributed by atoms with van der Waals surface area (Å²) in [5.41, 5.74) is 0.386. The smallest absolute Gasteiger partial charge is 0.303 e. The number of nitrogens with zero attached hydrogens (tertiary/aromatic N) is 1. The number of nitriles is 1. The van der Waals surface area contributed by atoms with Gasteiger partial charge < -0.3 is 52.1 Å². The molecule has 2 heterocycles. The second-order valence-corrected chi connectivity index (χ2v) is 11.7. The van der Waals surface area contributed by atoms with E-state index in [1.54, 1.807) is 30.3 Å². The Morgan fingerprint density at radius 2 is 0.962 bits per heavy atom. The number of carbonyl (C=O) groups is 7. The lowest BCUT2D eigenvalue weighted by Gasteiger charge is -2.46. The van der Waals surface area contributed by atoms with Crippen molar-refractivity contribution in [1.82, 2.24) is 0 Å². The van der Waals surface area contributed by atoms with Gasteiger partial charge in [0.2, 0.25) is 6.29 Å². The Bertz CT molecular complexity index is 1530. The molecule has 0 aromatic heterocycles. The van der Waals surface area contributed by atoms with Gasteiger partial charge in [0.1, 0.15) is 18.8 Å². The molecular formula is C34H41NO18. The fraction of sp³-hybridized carbons (Fsp3) is 0.588. The fourth-order valence-electron chi connectivity index (χ4n) is 5.56. The lowest BCUT2D eigenvalue weighted by Crippen LogP contribution is -2.65. The van der Waals surface area contributed by atoms with E-state index in [9.17, 15) is 38.8 Å². The zero-order chi connectivity index (χ0) is 39.4. The molecule has 2 fully saturated rings. The first-order chi connectivity index (χ1) is 25.0. The Kier molecular flexibility index (Phi) is 15.6. The molecule has 0 bridgehead atoms. The number of hydrogen-bond acceptors (Lipinski definition) is 19. The second-order valence-electron chi connectivity index (χ2n) is 11.7. The van der Waals surface area contributed by atoms with E-state index in [1.807, 2.05) is 6.07 Å². The molecule has 0 radical (unpaired) electrons. The number of rotatable bonds is 14. The van der Waals surface area contributed by atoms with E-state index >= 15 is 0 Å². The van der Waals surface area contributed by atoms with Gasteiger partial charge in [0, 0.05) is 48.5 Å². The Morgan fingerprint density at radius 1 is 0.566 bits per heavy atom. The zero-order valence-corrected chi connectivity index (χ0v) is 29.9. The first-order valence-corrected chi connectivity index (χ1v) is 16.2. The molecule has 0 amide bonds. The molecule has 2 saturated heterocycles. The van der Waals surface area contributed by atoms with Gasteiger partial charge in [0.05, 0.1) is 12.7 Å². The van der Waals surface area contributed by atoms with E-state index in [-0.39, 0.29) is 0 Å². The van der Waals surface area contributed by atoms with E-state index in [0.717, 1.165) is 48.5 Å². The molecule has 0 saturated carbocycles. The van der Waals surface area contributed by atoms with Crippen LogP contribution in [0.25, 0.3) is 0 Å². The van der Waals surface area contributed by atoms with E-state index < -0.39 is 123 Å². The summed E-state index contributed by atoms with van der Waals surface area (Å²) in [5.74, 6) is -6.00. The molecular weight excluding hydrogens is 710 g/mol. The third-order valence-corrected chi connectivity index (χ3v) is 7.36. The van der Waals surface area contributed by atoms with Crippen LogP contribution in [0.1, 0.15) is 60.1 Å². The maximum absolute atomic E-state index is 12.4. The van der Waals surface area contributed by atoms with E-state index in [1.165, 1.54) is 0 Å². The lowest BCUT2D eigenvalue weighted by molar-refractivity contribution is -0.337. The first kappa shape index (κ1) is 42.3. The van der Waals surface area contributed by atoms with Crippen molar-refractivity contribution >= 4 is 41.8 Å². The van der Waals surface area contributed by atoms with Gasteiger partial charge in [-0.15, -0.1) is 0 Å². The van der Waals surface area contributed by atoms with Crippen molar-refractivity contribution in [2.24, 2.45) is 0 Å². The summed E-state index contributed by atoms with van der Waals surface area (Å²) >= 11 is 0. The fourth-order valence-corrected chi connectivity index (χ4v) is 5.56. The van der Waals surface area contributed by atoms with Crippen LogP contribution in [0.5, 0.6) is 0 Å². The largest absolute Gasteiger partial charge is 0.463 e. The van der Waals surface area contributed by atoms with Gasteiger partial charge in [-0.1, -0.05) is 30.3 Å². The Morgan fingerprint density at radius 3 is 1.40 bits per heavy atom. The van der Waals surface area contributed by atoms with Crippen LogP contribution in [-0.2, 0) is 85.7 Å². The quantitative estimate of drug-likeness (QED) is 0.189. The van der Waals surface area contributed by atoms with Gasteiger partial charge in [-0.3, -0.25) is 33.6 Å².